The maximum absolute atomic E-state index is 13.3. The standard InChI is InChI=1S/C23H24N4O5/c1-30-13-17-21(14-7-5-4-6-8-14)22-25-20(28)12-18(27(22)26-17)23(29)24-16-11-15(31-2)9-10-19(16)32-3/h4-11,18H,12-13H2,1-3H3,(H,24,29)(H,25,28). The number of ether oxygens (including phenoxy) is 3. The normalized spacial score (nSPS) is 15.0. The second kappa shape index (κ2) is 9.11. The highest BCUT2D eigenvalue weighted by Gasteiger charge is 2.35. The molecule has 0 bridgehead atoms. The van der Waals surface area contributed by atoms with Crippen LogP contribution in [0.5, 0.6) is 11.5 Å². The number of anilines is 2. The van der Waals surface area contributed by atoms with Gasteiger partial charge in [0, 0.05) is 18.7 Å². The molecule has 2 aromatic carbocycles. The Morgan fingerprint density at radius 3 is 2.62 bits per heavy atom. The van der Waals surface area contributed by atoms with Crippen molar-refractivity contribution in [3.05, 3.63) is 54.2 Å². The van der Waals surface area contributed by atoms with Crippen molar-refractivity contribution in [1.29, 1.82) is 0 Å². The van der Waals surface area contributed by atoms with Crippen molar-refractivity contribution in [3.8, 4) is 22.6 Å². The fraction of sp³-hybridized carbons (Fsp3) is 0.261. The zero-order chi connectivity index (χ0) is 22.7. The first-order valence-electron chi connectivity index (χ1n) is 10.0. The van der Waals surface area contributed by atoms with E-state index < -0.39 is 11.9 Å². The zero-order valence-corrected chi connectivity index (χ0v) is 18.0. The summed E-state index contributed by atoms with van der Waals surface area (Å²) in [5.41, 5.74) is 2.68. The Morgan fingerprint density at radius 2 is 1.94 bits per heavy atom. The van der Waals surface area contributed by atoms with Crippen LogP contribution in [-0.2, 0) is 20.9 Å². The second-order valence-electron chi connectivity index (χ2n) is 7.24. The smallest absolute Gasteiger partial charge is 0.249 e. The average Bonchev–Trinajstić information content (AvgIpc) is 3.16. The molecule has 9 nitrogen and oxygen atoms in total. The van der Waals surface area contributed by atoms with E-state index in [9.17, 15) is 9.59 Å². The first kappa shape index (κ1) is 21.4. The summed E-state index contributed by atoms with van der Waals surface area (Å²) < 4.78 is 17.5. The first-order valence-corrected chi connectivity index (χ1v) is 10.0. The summed E-state index contributed by atoms with van der Waals surface area (Å²) in [5.74, 6) is 0.855. The lowest BCUT2D eigenvalue weighted by Crippen LogP contribution is -2.36. The maximum Gasteiger partial charge on any atom is 0.249 e. The molecule has 166 valence electrons. The number of carbonyl (C=O) groups is 2. The van der Waals surface area contributed by atoms with E-state index >= 15 is 0 Å². The van der Waals surface area contributed by atoms with Crippen LogP contribution in [0.15, 0.2) is 48.5 Å². The van der Waals surface area contributed by atoms with Gasteiger partial charge in [0.1, 0.15) is 23.4 Å². The molecule has 1 aliphatic heterocycles. The number of fused-ring (bicyclic) bond motifs is 1. The van der Waals surface area contributed by atoms with Crippen LogP contribution in [-0.4, -0.2) is 42.9 Å². The fourth-order valence-corrected chi connectivity index (χ4v) is 3.75. The number of hydrogen-bond acceptors (Lipinski definition) is 6. The summed E-state index contributed by atoms with van der Waals surface area (Å²) in [5, 5.41) is 10.4. The third kappa shape index (κ3) is 4.02. The summed E-state index contributed by atoms with van der Waals surface area (Å²) in [6, 6.07) is 13.8. The van der Waals surface area contributed by atoms with Gasteiger partial charge in [0.25, 0.3) is 0 Å². The highest BCUT2D eigenvalue weighted by molar-refractivity contribution is 6.04. The third-order valence-corrected chi connectivity index (χ3v) is 5.23. The van der Waals surface area contributed by atoms with Gasteiger partial charge in [-0.2, -0.15) is 5.10 Å². The highest BCUT2D eigenvalue weighted by atomic mass is 16.5. The van der Waals surface area contributed by atoms with Crippen molar-refractivity contribution in [1.82, 2.24) is 9.78 Å². The van der Waals surface area contributed by atoms with Crippen molar-refractivity contribution in [2.45, 2.75) is 19.1 Å². The SMILES string of the molecule is COCc1nn2c(c1-c1ccccc1)NC(=O)CC2C(=O)Nc1cc(OC)ccc1OC. The number of methoxy groups -OCH3 is 3. The lowest BCUT2D eigenvalue weighted by atomic mass is 10.0. The van der Waals surface area contributed by atoms with E-state index in [1.54, 1.807) is 30.0 Å². The lowest BCUT2D eigenvalue weighted by Gasteiger charge is -2.25. The molecule has 32 heavy (non-hydrogen) atoms. The van der Waals surface area contributed by atoms with Gasteiger partial charge in [-0.1, -0.05) is 30.3 Å². The Balaban J connectivity index is 1.74. The van der Waals surface area contributed by atoms with E-state index in [0.717, 1.165) is 11.1 Å². The number of nitrogens with zero attached hydrogens (tertiary/aromatic N) is 2. The molecule has 0 spiro atoms. The minimum absolute atomic E-state index is 0.0482. The number of rotatable bonds is 7. The Bertz CT molecular complexity index is 1140. The summed E-state index contributed by atoms with van der Waals surface area (Å²) >= 11 is 0. The number of nitrogens with one attached hydrogen (secondary N) is 2. The fourth-order valence-electron chi connectivity index (χ4n) is 3.75. The molecule has 1 unspecified atom stereocenters. The Labute approximate surface area is 185 Å². The monoisotopic (exact) mass is 436 g/mol. The van der Waals surface area contributed by atoms with E-state index in [2.05, 4.69) is 15.7 Å². The molecule has 2 amide bonds. The van der Waals surface area contributed by atoms with Crippen LogP contribution in [0.3, 0.4) is 0 Å². The van der Waals surface area contributed by atoms with Crippen molar-refractivity contribution >= 4 is 23.3 Å². The number of aromatic nitrogens is 2. The van der Waals surface area contributed by atoms with Gasteiger partial charge in [-0.25, -0.2) is 4.68 Å². The molecule has 2 heterocycles. The second-order valence-corrected chi connectivity index (χ2v) is 7.24. The molecule has 3 aromatic rings. The van der Waals surface area contributed by atoms with E-state index in [4.69, 9.17) is 14.2 Å². The molecule has 2 N–H and O–H groups in total. The highest BCUT2D eigenvalue weighted by Crippen LogP contribution is 2.38. The number of benzene rings is 2. The molecule has 0 fully saturated rings. The first-order chi connectivity index (χ1) is 15.5. The Morgan fingerprint density at radius 1 is 1.16 bits per heavy atom. The van der Waals surface area contributed by atoms with Crippen LogP contribution in [0.25, 0.3) is 11.1 Å². The van der Waals surface area contributed by atoms with Crippen LogP contribution in [0.2, 0.25) is 0 Å². The van der Waals surface area contributed by atoms with E-state index in [0.29, 0.717) is 28.7 Å². The molecule has 1 atom stereocenters. The molecule has 0 aliphatic carbocycles. The van der Waals surface area contributed by atoms with Gasteiger partial charge < -0.3 is 24.8 Å². The summed E-state index contributed by atoms with van der Waals surface area (Å²) in [7, 11) is 4.63. The molecule has 0 saturated heterocycles. The van der Waals surface area contributed by atoms with Crippen LogP contribution in [0.4, 0.5) is 11.5 Å². The minimum atomic E-state index is -0.845. The molecule has 1 aromatic heterocycles. The Kier molecular flexibility index (Phi) is 6.09. The molecular weight excluding hydrogens is 412 g/mol. The van der Waals surface area contributed by atoms with Crippen LogP contribution in [0.1, 0.15) is 18.2 Å². The van der Waals surface area contributed by atoms with E-state index in [1.807, 2.05) is 30.3 Å². The van der Waals surface area contributed by atoms with Crippen LogP contribution in [0, 0.1) is 0 Å². The van der Waals surface area contributed by atoms with Gasteiger partial charge in [-0.15, -0.1) is 0 Å². The lowest BCUT2D eigenvalue weighted by molar-refractivity contribution is -0.125. The summed E-state index contributed by atoms with van der Waals surface area (Å²) in [6.45, 7) is 0.234. The van der Waals surface area contributed by atoms with Crippen molar-refractivity contribution < 1.29 is 23.8 Å². The van der Waals surface area contributed by atoms with E-state index in [1.165, 1.54) is 14.2 Å². The summed E-state index contributed by atoms with van der Waals surface area (Å²) in [4.78, 5) is 25.8. The van der Waals surface area contributed by atoms with Crippen molar-refractivity contribution in [2.75, 3.05) is 32.0 Å². The molecule has 1 aliphatic rings. The van der Waals surface area contributed by atoms with Crippen LogP contribution < -0.4 is 20.1 Å². The third-order valence-electron chi connectivity index (χ3n) is 5.23. The van der Waals surface area contributed by atoms with Gasteiger partial charge in [0.15, 0.2) is 0 Å². The number of amides is 2. The van der Waals surface area contributed by atoms with Crippen molar-refractivity contribution in [3.63, 3.8) is 0 Å². The van der Waals surface area contributed by atoms with E-state index in [-0.39, 0.29) is 18.9 Å². The van der Waals surface area contributed by atoms with Gasteiger partial charge >= 0.3 is 0 Å². The molecule has 4 rings (SSSR count). The Hall–Kier alpha value is -3.85. The molecule has 0 radical (unpaired) electrons. The topological polar surface area (TPSA) is 104 Å². The van der Waals surface area contributed by atoms with Gasteiger partial charge in [0.2, 0.25) is 11.8 Å². The summed E-state index contributed by atoms with van der Waals surface area (Å²) in [6.07, 6.45) is -0.0482. The molecule has 0 saturated carbocycles. The quantitative estimate of drug-likeness (QED) is 0.589. The van der Waals surface area contributed by atoms with Gasteiger partial charge in [-0.3, -0.25) is 9.59 Å². The number of hydrogen-bond donors (Lipinski definition) is 2. The molecule has 9 heteroatoms. The van der Waals surface area contributed by atoms with Gasteiger partial charge in [-0.05, 0) is 17.7 Å². The zero-order valence-electron chi connectivity index (χ0n) is 18.0. The molecular formula is C23H24N4O5. The predicted molar refractivity (Wildman–Crippen MR) is 119 cm³/mol. The average molecular weight is 436 g/mol. The minimum Gasteiger partial charge on any atom is -0.497 e. The largest absolute Gasteiger partial charge is 0.497 e. The van der Waals surface area contributed by atoms with Crippen molar-refractivity contribution in [2.24, 2.45) is 0 Å². The number of carbonyl (C=O) groups excluding carboxylic acids is 2. The van der Waals surface area contributed by atoms with Gasteiger partial charge in [0.05, 0.1) is 38.6 Å². The predicted octanol–water partition coefficient (Wildman–Crippen LogP) is 3.24. The van der Waals surface area contributed by atoms with Crippen LogP contribution >= 0.6 is 0 Å². The maximum atomic E-state index is 13.3.